The number of rotatable bonds is 4. The van der Waals surface area contributed by atoms with E-state index >= 15 is 0 Å². The Hall–Kier alpha value is -3.74. The summed E-state index contributed by atoms with van der Waals surface area (Å²) < 4.78 is 7.16. The number of carbonyl (C=O) groups is 1. The van der Waals surface area contributed by atoms with Crippen LogP contribution in [0.5, 0.6) is 0 Å². The number of hydrogen-bond donors (Lipinski definition) is 1. The average molecular weight is 331 g/mol. The largest absolute Gasteiger partial charge is 0.457 e. The Morgan fingerprint density at radius 1 is 1.12 bits per heavy atom. The van der Waals surface area contributed by atoms with Crippen molar-refractivity contribution >= 4 is 28.6 Å². The number of nitrogens with zero attached hydrogens (tertiary/aromatic N) is 4. The highest BCUT2D eigenvalue weighted by Crippen LogP contribution is 2.20. The highest BCUT2D eigenvalue weighted by molar-refractivity contribution is 6.02. The van der Waals surface area contributed by atoms with Crippen LogP contribution in [0.2, 0.25) is 0 Å². The lowest BCUT2D eigenvalue weighted by Gasteiger charge is -2.04. The first-order valence-corrected chi connectivity index (χ1v) is 7.59. The Kier molecular flexibility index (Phi) is 3.80. The van der Waals surface area contributed by atoms with E-state index in [1.807, 2.05) is 42.5 Å². The van der Waals surface area contributed by atoms with E-state index in [1.54, 1.807) is 18.2 Å². The van der Waals surface area contributed by atoms with Crippen LogP contribution in [0.3, 0.4) is 0 Å². The molecule has 0 aliphatic rings. The molecule has 4 rings (SSSR count). The molecular formula is C18H13N5O2. The summed E-state index contributed by atoms with van der Waals surface area (Å²) in [5, 5.41) is 14.8. The van der Waals surface area contributed by atoms with Crippen molar-refractivity contribution in [3.8, 4) is 5.69 Å². The van der Waals surface area contributed by atoms with Crippen LogP contribution in [-0.2, 0) is 4.79 Å². The minimum absolute atomic E-state index is 0.255. The first-order valence-electron chi connectivity index (χ1n) is 7.59. The summed E-state index contributed by atoms with van der Waals surface area (Å²) in [5.41, 5.74) is 2.19. The first kappa shape index (κ1) is 14.8. The van der Waals surface area contributed by atoms with E-state index in [4.69, 9.17) is 4.42 Å². The number of hydrogen-bond acceptors (Lipinski definition) is 5. The summed E-state index contributed by atoms with van der Waals surface area (Å²) in [4.78, 5) is 12.1. The van der Waals surface area contributed by atoms with Crippen molar-refractivity contribution in [2.24, 2.45) is 0 Å². The average Bonchev–Trinajstić information content (AvgIpc) is 3.29. The molecule has 0 unspecified atom stereocenters. The summed E-state index contributed by atoms with van der Waals surface area (Å²) in [6.45, 7) is 0. The maximum Gasteiger partial charge on any atom is 0.248 e. The van der Waals surface area contributed by atoms with Crippen LogP contribution in [0.15, 0.2) is 71.4 Å². The van der Waals surface area contributed by atoms with Crippen molar-refractivity contribution in [3.63, 3.8) is 0 Å². The van der Waals surface area contributed by atoms with Gasteiger partial charge >= 0.3 is 0 Å². The number of carbonyl (C=O) groups excluding carboxylic acids is 1. The standard InChI is InChI=1S/C18H13N5O2/c24-18(9-8-16-10-13-4-1-2-7-17(13)25-16)20-14-5-3-6-15(11-14)23-12-19-21-22-23/h1-12H,(H,20,24)/b9-8+. The molecule has 7 heteroatoms. The molecule has 25 heavy (non-hydrogen) atoms. The molecule has 0 atom stereocenters. The molecule has 2 aromatic heterocycles. The van der Waals surface area contributed by atoms with E-state index in [-0.39, 0.29) is 5.91 Å². The molecule has 1 N–H and O–H groups in total. The van der Waals surface area contributed by atoms with Crippen molar-refractivity contribution in [2.75, 3.05) is 5.32 Å². The number of nitrogens with one attached hydrogen (secondary N) is 1. The van der Waals surface area contributed by atoms with Gasteiger partial charge in [0, 0.05) is 17.1 Å². The number of amides is 1. The van der Waals surface area contributed by atoms with Gasteiger partial charge in [-0.1, -0.05) is 24.3 Å². The number of benzene rings is 2. The summed E-state index contributed by atoms with van der Waals surface area (Å²) in [6.07, 6.45) is 4.56. The molecular weight excluding hydrogens is 318 g/mol. The van der Waals surface area contributed by atoms with Crippen LogP contribution in [0.1, 0.15) is 5.76 Å². The molecule has 0 aliphatic heterocycles. The number of aromatic nitrogens is 4. The molecule has 2 heterocycles. The van der Waals surface area contributed by atoms with Crippen molar-refractivity contribution in [1.82, 2.24) is 20.2 Å². The van der Waals surface area contributed by atoms with Crippen LogP contribution in [-0.4, -0.2) is 26.1 Å². The van der Waals surface area contributed by atoms with Gasteiger partial charge in [0.25, 0.3) is 0 Å². The second-order valence-electron chi connectivity index (χ2n) is 5.31. The van der Waals surface area contributed by atoms with Gasteiger partial charge in [-0.25, -0.2) is 4.68 Å². The lowest BCUT2D eigenvalue weighted by molar-refractivity contribution is -0.111. The van der Waals surface area contributed by atoms with Gasteiger partial charge in [0.05, 0.1) is 5.69 Å². The van der Waals surface area contributed by atoms with E-state index < -0.39 is 0 Å². The molecule has 7 nitrogen and oxygen atoms in total. The summed E-state index contributed by atoms with van der Waals surface area (Å²) >= 11 is 0. The Balaban J connectivity index is 1.47. The second-order valence-corrected chi connectivity index (χ2v) is 5.31. The molecule has 0 spiro atoms. The predicted molar refractivity (Wildman–Crippen MR) is 93.0 cm³/mol. The zero-order valence-corrected chi connectivity index (χ0v) is 13.0. The normalized spacial score (nSPS) is 11.2. The van der Waals surface area contributed by atoms with E-state index in [2.05, 4.69) is 20.8 Å². The van der Waals surface area contributed by atoms with Gasteiger partial charge in [0.1, 0.15) is 17.7 Å². The summed E-state index contributed by atoms with van der Waals surface area (Å²) in [7, 11) is 0. The van der Waals surface area contributed by atoms with Gasteiger partial charge in [-0.3, -0.25) is 4.79 Å². The fraction of sp³-hybridized carbons (Fsp3) is 0. The van der Waals surface area contributed by atoms with E-state index in [9.17, 15) is 4.79 Å². The molecule has 2 aromatic carbocycles. The van der Waals surface area contributed by atoms with Gasteiger partial charge in [-0.05, 0) is 46.8 Å². The number of furan rings is 1. The first-order chi connectivity index (χ1) is 12.3. The predicted octanol–water partition coefficient (Wildman–Crippen LogP) is 3.06. The maximum atomic E-state index is 12.1. The minimum atomic E-state index is -0.255. The fourth-order valence-electron chi connectivity index (χ4n) is 2.43. The number of tetrazole rings is 1. The number of para-hydroxylation sites is 1. The van der Waals surface area contributed by atoms with Crippen LogP contribution >= 0.6 is 0 Å². The molecule has 122 valence electrons. The van der Waals surface area contributed by atoms with Gasteiger partial charge in [0.2, 0.25) is 5.91 Å². The van der Waals surface area contributed by atoms with Gasteiger partial charge in [-0.15, -0.1) is 5.10 Å². The lowest BCUT2D eigenvalue weighted by Crippen LogP contribution is -2.08. The Labute approximate surface area is 142 Å². The molecule has 0 bridgehead atoms. The van der Waals surface area contributed by atoms with Crippen LogP contribution in [0.25, 0.3) is 22.7 Å². The third-order valence-electron chi connectivity index (χ3n) is 3.57. The number of anilines is 1. The molecule has 0 radical (unpaired) electrons. The molecule has 1 amide bonds. The summed E-state index contributed by atoms with van der Waals surface area (Å²) in [5.74, 6) is 0.369. The minimum Gasteiger partial charge on any atom is -0.457 e. The fourth-order valence-corrected chi connectivity index (χ4v) is 2.43. The topological polar surface area (TPSA) is 85.8 Å². The molecule has 0 saturated heterocycles. The lowest BCUT2D eigenvalue weighted by atomic mass is 10.2. The van der Waals surface area contributed by atoms with Crippen molar-refractivity contribution in [2.45, 2.75) is 0 Å². The van der Waals surface area contributed by atoms with Gasteiger partial charge < -0.3 is 9.73 Å². The molecule has 0 saturated carbocycles. The smallest absolute Gasteiger partial charge is 0.248 e. The Morgan fingerprint density at radius 3 is 2.88 bits per heavy atom. The van der Waals surface area contributed by atoms with E-state index in [1.165, 1.54) is 17.1 Å². The van der Waals surface area contributed by atoms with Crippen LogP contribution in [0.4, 0.5) is 5.69 Å². The van der Waals surface area contributed by atoms with Crippen LogP contribution < -0.4 is 5.32 Å². The third-order valence-corrected chi connectivity index (χ3v) is 3.57. The van der Waals surface area contributed by atoms with E-state index in [0.29, 0.717) is 11.4 Å². The van der Waals surface area contributed by atoms with Gasteiger partial charge in [-0.2, -0.15) is 0 Å². The highest BCUT2D eigenvalue weighted by Gasteiger charge is 2.03. The molecule has 0 aliphatic carbocycles. The van der Waals surface area contributed by atoms with Crippen molar-refractivity contribution in [3.05, 3.63) is 72.8 Å². The molecule has 0 fully saturated rings. The Morgan fingerprint density at radius 2 is 2.04 bits per heavy atom. The zero-order valence-electron chi connectivity index (χ0n) is 13.0. The molecule has 4 aromatic rings. The van der Waals surface area contributed by atoms with Crippen molar-refractivity contribution < 1.29 is 9.21 Å². The highest BCUT2D eigenvalue weighted by atomic mass is 16.3. The monoisotopic (exact) mass is 331 g/mol. The van der Waals surface area contributed by atoms with E-state index in [0.717, 1.165) is 16.7 Å². The van der Waals surface area contributed by atoms with Crippen LogP contribution in [0, 0.1) is 0 Å². The second kappa shape index (κ2) is 6.40. The van der Waals surface area contributed by atoms with Crippen molar-refractivity contribution in [1.29, 1.82) is 0 Å². The van der Waals surface area contributed by atoms with Gasteiger partial charge in [0.15, 0.2) is 0 Å². The Bertz CT molecular complexity index is 1020. The SMILES string of the molecule is O=C(/C=C/c1cc2ccccc2o1)Nc1cccc(-n2cnnn2)c1. The maximum absolute atomic E-state index is 12.1. The quantitative estimate of drug-likeness (QED) is 0.581. The third kappa shape index (κ3) is 3.30. The summed E-state index contributed by atoms with van der Waals surface area (Å²) in [6, 6.07) is 16.8. The number of fused-ring (bicyclic) bond motifs is 1. The zero-order chi connectivity index (χ0) is 17.1.